The summed E-state index contributed by atoms with van der Waals surface area (Å²) in [6.07, 6.45) is 0. The Morgan fingerprint density at radius 2 is 1.95 bits per heavy atom. The van der Waals surface area contributed by atoms with Crippen LogP contribution in [0.5, 0.6) is 0 Å². The number of halogens is 1. The molecule has 7 heteroatoms. The zero-order valence-corrected chi connectivity index (χ0v) is 13.9. The molecule has 1 rings (SSSR count). The van der Waals surface area contributed by atoms with Gasteiger partial charge in [0.1, 0.15) is 4.90 Å². The van der Waals surface area contributed by atoms with E-state index < -0.39 is 10.0 Å². The summed E-state index contributed by atoms with van der Waals surface area (Å²) in [5.74, 6) is 0. The quantitative estimate of drug-likeness (QED) is 0.813. The Labute approximate surface area is 126 Å². The Balaban J connectivity index is 3.26. The van der Waals surface area contributed by atoms with Gasteiger partial charge in [0.25, 0.3) is 0 Å². The van der Waals surface area contributed by atoms with Crippen LogP contribution in [-0.2, 0) is 10.0 Å². The molecule has 0 aliphatic carbocycles. The summed E-state index contributed by atoms with van der Waals surface area (Å²) in [7, 11) is 0.0996. The van der Waals surface area contributed by atoms with E-state index in [9.17, 15) is 8.42 Å². The second-order valence-electron chi connectivity index (χ2n) is 4.98. The van der Waals surface area contributed by atoms with E-state index in [1.165, 1.54) is 10.4 Å². The molecule has 5 nitrogen and oxygen atoms in total. The number of likely N-dealkylation sites (N-methyl/N-ethyl adjacent to an activating group) is 2. The van der Waals surface area contributed by atoms with Gasteiger partial charge in [-0.05, 0) is 33.2 Å². The molecular formula is C13H22ClN3O2S. The van der Waals surface area contributed by atoms with Gasteiger partial charge in [0.05, 0.1) is 10.7 Å². The standard InChI is InChI=1S/C13H22ClN3O2S/c1-5-17(10(2)9-16(3)4)20(18,19)13-11(14)7-6-8-12(13)15/h6-8,10H,5,9,15H2,1-4H3. The molecule has 0 bridgehead atoms. The molecule has 0 fully saturated rings. The zero-order chi connectivity index (χ0) is 15.5. The van der Waals surface area contributed by atoms with Crippen LogP contribution in [0.1, 0.15) is 13.8 Å². The third-order valence-electron chi connectivity index (χ3n) is 3.00. The molecule has 0 saturated heterocycles. The number of hydrogen-bond acceptors (Lipinski definition) is 4. The molecule has 1 unspecified atom stereocenters. The summed E-state index contributed by atoms with van der Waals surface area (Å²) >= 11 is 6.03. The normalized spacial score (nSPS) is 13.9. The van der Waals surface area contributed by atoms with Crippen LogP contribution < -0.4 is 5.73 Å². The minimum atomic E-state index is -3.71. The number of anilines is 1. The Morgan fingerprint density at radius 1 is 1.35 bits per heavy atom. The molecule has 0 aromatic heterocycles. The van der Waals surface area contributed by atoms with Gasteiger partial charge in [0.2, 0.25) is 10.0 Å². The van der Waals surface area contributed by atoms with E-state index in [4.69, 9.17) is 17.3 Å². The van der Waals surface area contributed by atoms with Crippen molar-refractivity contribution in [2.24, 2.45) is 0 Å². The fraction of sp³-hybridized carbons (Fsp3) is 0.538. The minimum Gasteiger partial charge on any atom is -0.398 e. The molecule has 1 atom stereocenters. The van der Waals surface area contributed by atoms with Gasteiger partial charge in [-0.3, -0.25) is 0 Å². The van der Waals surface area contributed by atoms with Crippen molar-refractivity contribution < 1.29 is 8.42 Å². The third kappa shape index (κ3) is 3.63. The lowest BCUT2D eigenvalue weighted by molar-refractivity contribution is 0.271. The first-order valence-electron chi connectivity index (χ1n) is 6.42. The number of hydrogen-bond donors (Lipinski definition) is 1. The lowest BCUT2D eigenvalue weighted by atomic mass is 10.3. The van der Waals surface area contributed by atoms with Crippen LogP contribution in [0.25, 0.3) is 0 Å². The highest BCUT2D eigenvalue weighted by atomic mass is 35.5. The van der Waals surface area contributed by atoms with Crippen LogP contribution in [0, 0.1) is 0 Å². The van der Waals surface area contributed by atoms with Crippen LogP contribution in [0.2, 0.25) is 5.02 Å². The largest absolute Gasteiger partial charge is 0.398 e. The number of rotatable bonds is 6. The molecule has 1 aromatic carbocycles. The molecule has 0 radical (unpaired) electrons. The molecule has 0 heterocycles. The fourth-order valence-electron chi connectivity index (χ4n) is 2.25. The van der Waals surface area contributed by atoms with Gasteiger partial charge in [0, 0.05) is 19.1 Å². The lowest BCUT2D eigenvalue weighted by Crippen LogP contribution is -2.43. The maximum Gasteiger partial charge on any atom is 0.246 e. The summed E-state index contributed by atoms with van der Waals surface area (Å²) in [5.41, 5.74) is 5.97. The van der Waals surface area contributed by atoms with Crippen molar-refractivity contribution >= 4 is 27.3 Å². The van der Waals surface area contributed by atoms with Crippen LogP contribution in [0.4, 0.5) is 5.69 Å². The van der Waals surface area contributed by atoms with Gasteiger partial charge in [-0.1, -0.05) is 24.6 Å². The van der Waals surface area contributed by atoms with Crippen molar-refractivity contribution in [2.45, 2.75) is 24.8 Å². The Kier molecular flexibility index (Phi) is 5.82. The molecule has 114 valence electrons. The second-order valence-corrected chi connectivity index (χ2v) is 7.21. The zero-order valence-electron chi connectivity index (χ0n) is 12.3. The van der Waals surface area contributed by atoms with Crippen molar-refractivity contribution in [2.75, 3.05) is 32.9 Å². The monoisotopic (exact) mass is 319 g/mol. The summed E-state index contributed by atoms with van der Waals surface area (Å²) in [6.45, 7) is 4.66. The van der Waals surface area contributed by atoms with Crippen molar-refractivity contribution in [3.8, 4) is 0 Å². The first-order valence-corrected chi connectivity index (χ1v) is 8.24. The first kappa shape index (κ1) is 17.2. The summed E-state index contributed by atoms with van der Waals surface area (Å²) in [5, 5.41) is 0.153. The van der Waals surface area contributed by atoms with Gasteiger partial charge in [0.15, 0.2) is 0 Å². The lowest BCUT2D eigenvalue weighted by Gasteiger charge is -2.29. The minimum absolute atomic E-state index is 0.00544. The Hall–Kier alpha value is -0.820. The Morgan fingerprint density at radius 3 is 2.40 bits per heavy atom. The summed E-state index contributed by atoms with van der Waals surface area (Å²) < 4.78 is 27.0. The smallest absolute Gasteiger partial charge is 0.246 e. The average molecular weight is 320 g/mol. The molecule has 0 saturated carbocycles. The van der Waals surface area contributed by atoms with E-state index >= 15 is 0 Å². The van der Waals surface area contributed by atoms with Crippen molar-refractivity contribution in [1.29, 1.82) is 0 Å². The molecule has 20 heavy (non-hydrogen) atoms. The van der Waals surface area contributed by atoms with E-state index in [0.717, 1.165) is 0 Å². The highest BCUT2D eigenvalue weighted by Crippen LogP contribution is 2.30. The molecular weight excluding hydrogens is 298 g/mol. The van der Waals surface area contributed by atoms with Crippen LogP contribution >= 0.6 is 11.6 Å². The van der Waals surface area contributed by atoms with E-state index in [1.807, 2.05) is 25.9 Å². The van der Waals surface area contributed by atoms with Crippen molar-refractivity contribution in [3.63, 3.8) is 0 Å². The van der Waals surface area contributed by atoms with Gasteiger partial charge < -0.3 is 10.6 Å². The number of benzene rings is 1. The van der Waals surface area contributed by atoms with Gasteiger partial charge in [-0.2, -0.15) is 4.31 Å². The number of nitrogens with zero attached hydrogens (tertiary/aromatic N) is 2. The first-order chi connectivity index (χ1) is 9.21. The molecule has 0 aliphatic rings. The maximum absolute atomic E-state index is 12.8. The van der Waals surface area contributed by atoms with Crippen LogP contribution in [-0.4, -0.2) is 50.8 Å². The topological polar surface area (TPSA) is 66.6 Å². The predicted molar refractivity (Wildman–Crippen MR) is 83.4 cm³/mol. The van der Waals surface area contributed by atoms with Crippen molar-refractivity contribution in [1.82, 2.24) is 9.21 Å². The van der Waals surface area contributed by atoms with Gasteiger partial charge >= 0.3 is 0 Å². The molecule has 0 aliphatic heterocycles. The number of nitrogens with two attached hydrogens (primary N) is 1. The fourth-order valence-corrected chi connectivity index (χ4v) is 4.52. The van der Waals surface area contributed by atoms with Crippen LogP contribution in [0.15, 0.2) is 23.1 Å². The molecule has 2 N–H and O–H groups in total. The average Bonchev–Trinajstić information content (AvgIpc) is 2.27. The second kappa shape index (κ2) is 6.76. The van der Waals surface area contributed by atoms with Gasteiger partial charge in [-0.25, -0.2) is 8.42 Å². The van der Waals surface area contributed by atoms with E-state index in [2.05, 4.69) is 0 Å². The SMILES string of the molecule is CCN(C(C)CN(C)C)S(=O)(=O)c1c(N)cccc1Cl. The predicted octanol–water partition coefficient (Wildman–Crippen LogP) is 1.88. The highest BCUT2D eigenvalue weighted by molar-refractivity contribution is 7.89. The number of sulfonamides is 1. The van der Waals surface area contributed by atoms with E-state index in [0.29, 0.717) is 13.1 Å². The summed E-state index contributed by atoms with van der Waals surface area (Å²) in [4.78, 5) is 1.94. The highest BCUT2D eigenvalue weighted by Gasteiger charge is 2.31. The van der Waals surface area contributed by atoms with E-state index in [-0.39, 0.29) is 21.6 Å². The van der Waals surface area contributed by atoms with Crippen LogP contribution in [0.3, 0.4) is 0 Å². The summed E-state index contributed by atoms with van der Waals surface area (Å²) in [6, 6.07) is 4.55. The maximum atomic E-state index is 12.8. The Bertz CT molecular complexity index is 540. The molecule has 0 amide bonds. The van der Waals surface area contributed by atoms with Crippen molar-refractivity contribution in [3.05, 3.63) is 23.2 Å². The molecule has 0 spiro atoms. The van der Waals surface area contributed by atoms with E-state index in [1.54, 1.807) is 19.1 Å². The third-order valence-corrected chi connectivity index (χ3v) is 5.63. The molecule has 1 aromatic rings. The number of nitrogen functional groups attached to an aromatic ring is 1. The van der Waals surface area contributed by atoms with Gasteiger partial charge in [-0.15, -0.1) is 0 Å².